The third-order valence-electron chi connectivity index (χ3n) is 13.1. The second kappa shape index (κ2) is 18.4. The lowest BCUT2D eigenvalue weighted by Gasteiger charge is -2.33. The minimum Gasteiger partial charge on any atom is -0.311 e. The van der Waals surface area contributed by atoms with Crippen molar-refractivity contribution in [2.75, 3.05) is 9.80 Å². The molecular weight excluding hydrogens is 821 g/mol. The lowest BCUT2D eigenvalue weighted by molar-refractivity contribution is 0.436. The molecule has 7 aromatic rings. The predicted octanol–water partition coefficient (Wildman–Crippen LogP) is 16.2. The lowest BCUT2D eigenvalue weighted by Crippen LogP contribution is -2.37. The largest absolute Gasteiger partial charge is 0.311 e. The molecule has 0 fully saturated rings. The van der Waals surface area contributed by atoms with Gasteiger partial charge in [0, 0.05) is 39.5 Å². The van der Waals surface area contributed by atoms with Gasteiger partial charge in [0.1, 0.15) is 0 Å². The molecule has 0 radical (unpaired) electrons. The summed E-state index contributed by atoms with van der Waals surface area (Å²) in [6.45, 7) is 26.5. The summed E-state index contributed by atoms with van der Waals surface area (Å²) in [5.74, 6) is 0. The fraction of sp³-hybridized carbons (Fsp3) is 0.220. The molecule has 0 spiro atoms. The smallest absolute Gasteiger partial charge is 0.187 e. The highest BCUT2D eigenvalue weighted by Gasteiger charge is 2.42. The Balaban J connectivity index is 1.13. The molecule has 324 valence electrons. The standard InChI is InChI=1S/C59H60N4Si2/c1-10-38-59(39-11-2)57-40-44(13-12-43-14-21-47(22-15-43)62(48-23-16-45(42-60)17-24-48)50-27-32-53(33-28-50)64(4,5)6)18-36-55(57)56-37-31-52(41-58(56)59)63(49-25-19-46(61-3)20-26-49)51-29-34-54(35-30-51)65(7,8)9/h12-37,40-41H,10-11,38-39H2,1-2,4-9H3/b13-12+. The van der Waals surface area contributed by atoms with Crippen molar-refractivity contribution in [2.45, 2.75) is 84.2 Å². The minimum absolute atomic E-state index is 0.112. The summed E-state index contributed by atoms with van der Waals surface area (Å²) in [5, 5.41) is 12.4. The average Bonchev–Trinajstić information content (AvgIpc) is 3.57. The van der Waals surface area contributed by atoms with Crippen LogP contribution in [0.2, 0.25) is 39.3 Å². The Kier molecular flexibility index (Phi) is 12.7. The summed E-state index contributed by atoms with van der Waals surface area (Å²) in [6.07, 6.45) is 8.79. The SMILES string of the molecule is [C-]#[N+]c1ccc(N(c2ccc([Si](C)(C)C)cc2)c2ccc3c(c2)C(CCC)(CCC)c2cc(/C=C/c4ccc(N(c5ccc(C#N)cc5)c5ccc([Si](C)(C)C)cc5)cc4)ccc2-3)cc1. The molecule has 1 aliphatic rings. The van der Waals surface area contributed by atoms with Crippen LogP contribution in [0.3, 0.4) is 0 Å². The van der Waals surface area contributed by atoms with E-state index in [9.17, 15) is 5.26 Å². The van der Waals surface area contributed by atoms with Crippen molar-refractivity contribution in [3.05, 3.63) is 197 Å². The third-order valence-corrected chi connectivity index (χ3v) is 17.2. The van der Waals surface area contributed by atoms with Crippen LogP contribution < -0.4 is 20.2 Å². The summed E-state index contributed by atoms with van der Waals surface area (Å²) in [4.78, 5) is 8.32. The number of nitrogens with zero attached hydrogens (tertiary/aromatic N) is 4. The highest BCUT2D eigenvalue weighted by Crippen LogP contribution is 2.55. The topological polar surface area (TPSA) is 34.6 Å². The van der Waals surface area contributed by atoms with E-state index in [1.54, 1.807) is 0 Å². The quantitative estimate of drug-likeness (QED) is 0.0620. The molecule has 0 heterocycles. The zero-order valence-corrected chi connectivity index (χ0v) is 41.3. The van der Waals surface area contributed by atoms with Gasteiger partial charge in [0.2, 0.25) is 0 Å². The molecule has 7 aromatic carbocycles. The van der Waals surface area contributed by atoms with Gasteiger partial charge in [-0.3, -0.25) is 0 Å². The van der Waals surface area contributed by atoms with Crippen molar-refractivity contribution in [3.8, 4) is 17.2 Å². The molecule has 0 saturated heterocycles. The van der Waals surface area contributed by atoms with Crippen LogP contribution in [-0.4, -0.2) is 16.1 Å². The van der Waals surface area contributed by atoms with E-state index in [1.807, 2.05) is 36.4 Å². The van der Waals surface area contributed by atoms with Gasteiger partial charge in [-0.2, -0.15) is 5.26 Å². The van der Waals surface area contributed by atoms with Crippen molar-refractivity contribution in [2.24, 2.45) is 0 Å². The van der Waals surface area contributed by atoms with Crippen molar-refractivity contribution >= 4 is 78.5 Å². The molecule has 6 heteroatoms. The monoisotopic (exact) mass is 880 g/mol. The first-order valence-corrected chi connectivity index (χ1v) is 30.1. The molecular formula is C59H60N4Si2. The van der Waals surface area contributed by atoms with Crippen LogP contribution in [0.25, 0.3) is 28.1 Å². The second-order valence-corrected chi connectivity index (χ2v) is 29.7. The molecule has 0 atom stereocenters. The Labute approximate surface area is 390 Å². The number of anilines is 6. The van der Waals surface area contributed by atoms with Gasteiger partial charge in [-0.25, -0.2) is 4.85 Å². The summed E-state index contributed by atoms with van der Waals surface area (Å²) in [6, 6.07) is 59.3. The van der Waals surface area contributed by atoms with Crippen molar-refractivity contribution < 1.29 is 0 Å². The Morgan fingerprint density at radius 3 is 1.35 bits per heavy atom. The van der Waals surface area contributed by atoms with Crippen molar-refractivity contribution in [3.63, 3.8) is 0 Å². The number of benzene rings is 7. The zero-order chi connectivity index (χ0) is 45.9. The van der Waals surface area contributed by atoms with Crippen LogP contribution in [0.1, 0.15) is 67.3 Å². The fourth-order valence-electron chi connectivity index (χ4n) is 9.66. The highest BCUT2D eigenvalue weighted by atomic mass is 28.3. The molecule has 4 nitrogen and oxygen atoms in total. The molecule has 0 aromatic heterocycles. The van der Waals surface area contributed by atoms with Gasteiger partial charge in [0.15, 0.2) is 5.69 Å². The van der Waals surface area contributed by atoms with Crippen LogP contribution in [0.5, 0.6) is 0 Å². The van der Waals surface area contributed by atoms with Crippen LogP contribution >= 0.6 is 0 Å². The first-order valence-electron chi connectivity index (χ1n) is 23.1. The van der Waals surface area contributed by atoms with E-state index >= 15 is 0 Å². The first kappa shape index (κ1) is 44.9. The maximum absolute atomic E-state index is 9.50. The van der Waals surface area contributed by atoms with E-state index in [2.05, 4.69) is 207 Å². The van der Waals surface area contributed by atoms with Gasteiger partial charge in [0.05, 0.1) is 34.4 Å². The number of nitriles is 1. The highest BCUT2D eigenvalue weighted by molar-refractivity contribution is 6.89. The Hall–Kier alpha value is -6.71. The minimum atomic E-state index is -1.48. The van der Waals surface area contributed by atoms with Gasteiger partial charge >= 0.3 is 0 Å². The fourth-order valence-corrected chi connectivity index (χ4v) is 12.0. The molecule has 1 aliphatic carbocycles. The second-order valence-electron chi connectivity index (χ2n) is 19.6. The maximum atomic E-state index is 9.50. The number of hydrogen-bond acceptors (Lipinski definition) is 3. The van der Waals surface area contributed by atoms with E-state index in [0.717, 1.165) is 65.4 Å². The summed E-state index contributed by atoms with van der Waals surface area (Å²) < 4.78 is 0. The molecule has 0 N–H and O–H groups in total. The van der Waals surface area contributed by atoms with E-state index in [0.29, 0.717) is 11.3 Å². The van der Waals surface area contributed by atoms with Crippen molar-refractivity contribution in [1.29, 1.82) is 5.26 Å². The van der Waals surface area contributed by atoms with Gasteiger partial charge < -0.3 is 9.80 Å². The van der Waals surface area contributed by atoms with Crippen LogP contribution in [0.4, 0.5) is 39.8 Å². The Bertz CT molecular complexity index is 2900. The Morgan fingerprint density at radius 1 is 0.508 bits per heavy atom. The van der Waals surface area contributed by atoms with E-state index in [-0.39, 0.29) is 5.41 Å². The molecule has 0 saturated carbocycles. The maximum Gasteiger partial charge on any atom is 0.187 e. The van der Waals surface area contributed by atoms with Crippen molar-refractivity contribution in [1.82, 2.24) is 0 Å². The summed E-state index contributed by atoms with van der Waals surface area (Å²) in [7, 11) is -2.94. The number of fused-ring (bicyclic) bond motifs is 3. The summed E-state index contributed by atoms with van der Waals surface area (Å²) >= 11 is 0. The number of hydrogen-bond donors (Lipinski definition) is 0. The van der Waals surface area contributed by atoms with Gasteiger partial charge in [-0.1, -0.05) is 161 Å². The molecule has 65 heavy (non-hydrogen) atoms. The van der Waals surface area contributed by atoms with Gasteiger partial charge in [-0.05, 0) is 131 Å². The molecule has 0 bridgehead atoms. The normalized spacial score (nSPS) is 12.9. The van der Waals surface area contributed by atoms with E-state index in [1.165, 1.54) is 38.2 Å². The molecule has 0 amide bonds. The third kappa shape index (κ3) is 9.16. The van der Waals surface area contributed by atoms with Crippen LogP contribution in [-0.2, 0) is 5.41 Å². The van der Waals surface area contributed by atoms with E-state index < -0.39 is 16.1 Å². The first-order chi connectivity index (χ1) is 31.3. The predicted molar refractivity (Wildman–Crippen MR) is 284 cm³/mol. The van der Waals surface area contributed by atoms with Crippen LogP contribution in [0, 0.1) is 17.9 Å². The average molecular weight is 881 g/mol. The molecule has 0 aliphatic heterocycles. The van der Waals surface area contributed by atoms with Gasteiger partial charge in [0.25, 0.3) is 0 Å². The molecule has 0 unspecified atom stereocenters. The number of rotatable bonds is 14. The zero-order valence-electron chi connectivity index (χ0n) is 39.3. The summed E-state index contributed by atoms with van der Waals surface area (Å²) in [5.41, 5.74) is 15.5. The van der Waals surface area contributed by atoms with Gasteiger partial charge in [-0.15, -0.1) is 0 Å². The van der Waals surface area contributed by atoms with Crippen LogP contribution in [0.15, 0.2) is 158 Å². The van der Waals surface area contributed by atoms with E-state index in [4.69, 9.17) is 6.57 Å². The molecule has 8 rings (SSSR count). The lowest BCUT2D eigenvalue weighted by atomic mass is 9.71. The Morgan fingerprint density at radius 2 is 0.892 bits per heavy atom.